The summed E-state index contributed by atoms with van der Waals surface area (Å²) >= 11 is 12.4. The van der Waals surface area contributed by atoms with Crippen LogP contribution >= 0.6 is 23.2 Å². The summed E-state index contributed by atoms with van der Waals surface area (Å²) in [4.78, 5) is 40.1. The number of ketones is 1. The molecule has 2 amide bonds. The Morgan fingerprint density at radius 2 is 1.70 bits per heavy atom. The topological polar surface area (TPSA) is 104 Å². The Bertz CT molecular complexity index is 1280. The number of rotatable bonds is 10. The van der Waals surface area contributed by atoms with Crippen LogP contribution in [0.4, 0.5) is 5.69 Å². The van der Waals surface area contributed by atoms with Gasteiger partial charge in [-0.15, -0.1) is 0 Å². The molecule has 0 aliphatic rings. The van der Waals surface area contributed by atoms with Crippen molar-refractivity contribution in [1.29, 1.82) is 0 Å². The molecule has 1 atom stereocenters. The molecule has 0 radical (unpaired) electrons. The smallest absolute Gasteiger partial charge is 0.244 e. The number of anilines is 1. The first kappa shape index (κ1) is 30.6. The fraction of sp³-hybridized carbons (Fsp3) is 0.423. The number of carbonyl (C=O) groups is 3. The first-order chi connectivity index (χ1) is 17.0. The Balaban J connectivity index is 2.53. The number of Topliss-reactive ketones (excluding diaryl/α,β-unsaturated/α-hetero) is 1. The van der Waals surface area contributed by atoms with Gasteiger partial charge in [-0.1, -0.05) is 48.3 Å². The van der Waals surface area contributed by atoms with Crippen LogP contribution in [0.2, 0.25) is 10.0 Å². The van der Waals surface area contributed by atoms with E-state index in [2.05, 4.69) is 5.32 Å². The van der Waals surface area contributed by atoms with Gasteiger partial charge in [0.2, 0.25) is 21.8 Å². The highest BCUT2D eigenvalue weighted by Gasteiger charge is 2.33. The maximum atomic E-state index is 13.7. The standard InChI is InChI=1S/C26H33Cl2N3O5S/c1-7-23(25(34)29-26(3,4)5)30(15-19-11-12-20(27)14-22(19)28)24(33)16-31(37(6,35)36)21-10-8-9-18(13-21)17(2)32/h8-14,23H,7,15-16H2,1-6H3,(H,29,34)/t23-/m1/s1. The highest BCUT2D eigenvalue weighted by atomic mass is 35.5. The Morgan fingerprint density at radius 3 is 2.22 bits per heavy atom. The molecule has 37 heavy (non-hydrogen) atoms. The van der Waals surface area contributed by atoms with Gasteiger partial charge in [0, 0.05) is 27.7 Å². The molecule has 2 aromatic rings. The number of nitrogens with zero attached hydrogens (tertiary/aromatic N) is 2. The van der Waals surface area contributed by atoms with Crippen LogP contribution in [0.25, 0.3) is 0 Å². The molecule has 0 heterocycles. The van der Waals surface area contributed by atoms with Gasteiger partial charge in [-0.05, 0) is 63.9 Å². The number of hydrogen-bond donors (Lipinski definition) is 1. The van der Waals surface area contributed by atoms with Gasteiger partial charge in [-0.25, -0.2) is 8.42 Å². The Hall–Kier alpha value is -2.62. The van der Waals surface area contributed by atoms with Gasteiger partial charge in [0.05, 0.1) is 11.9 Å². The van der Waals surface area contributed by atoms with Gasteiger partial charge in [0.25, 0.3) is 0 Å². The number of benzene rings is 2. The van der Waals surface area contributed by atoms with Crippen molar-refractivity contribution in [2.45, 2.75) is 59.2 Å². The minimum Gasteiger partial charge on any atom is -0.350 e. The third kappa shape index (κ3) is 8.72. The predicted octanol–water partition coefficient (Wildman–Crippen LogP) is 4.68. The van der Waals surface area contributed by atoms with Crippen LogP contribution in [0.5, 0.6) is 0 Å². The molecule has 2 aromatic carbocycles. The third-order valence-electron chi connectivity index (χ3n) is 5.46. The normalized spacial score (nSPS) is 12.5. The molecule has 8 nitrogen and oxygen atoms in total. The SMILES string of the molecule is CC[C@H](C(=O)NC(C)(C)C)N(Cc1ccc(Cl)cc1Cl)C(=O)CN(c1cccc(C(C)=O)c1)S(C)(=O)=O. The summed E-state index contributed by atoms with van der Waals surface area (Å²) in [5, 5.41) is 3.62. The molecule has 1 N–H and O–H groups in total. The van der Waals surface area contributed by atoms with E-state index in [-0.39, 0.29) is 30.3 Å². The highest BCUT2D eigenvalue weighted by molar-refractivity contribution is 7.92. The average molecular weight is 571 g/mol. The van der Waals surface area contributed by atoms with Gasteiger partial charge in [0.1, 0.15) is 12.6 Å². The molecular weight excluding hydrogens is 537 g/mol. The van der Waals surface area contributed by atoms with Crippen molar-refractivity contribution in [3.63, 3.8) is 0 Å². The molecule has 0 bridgehead atoms. The molecule has 0 fully saturated rings. The van der Waals surface area contributed by atoms with E-state index >= 15 is 0 Å². The molecule has 0 aliphatic carbocycles. The molecule has 0 spiro atoms. The second kappa shape index (κ2) is 12.3. The van der Waals surface area contributed by atoms with Crippen molar-refractivity contribution in [3.8, 4) is 0 Å². The van der Waals surface area contributed by atoms with Gasteiger partial charge in [-0.2, -0.15) is 0 Å². The van der Waals surface area contributed by atoms with Gasteiger partial charge in [0.15, 0.2) is 5.78 Å². The van der Waals surface area contributed by atoms with Crippen molar-refractivity contribution in [1.82, 2.24) is 10.2 Å². The van der Waals surface area contributed by atoms with E-state index in [1.165, 1.54) is 30.0 Å². The van der Waals surface area contributed by atoms with Crippen LogP contribution in [-0.2, 0) is 26.2 Å². The molecule has 0 saturated heterocycles. The summed E-state index contributed by atoms with van der Waals surface area (Å²) in [5.41, 5.74) is 0.466. The minimum atomic E-state index is -3.93. The summed E-state index contributed by atoms with van der Waals surface area (Å²) in [7, 11) is -3.93. The van der Waals surface area contributed by atoms with E-state index in [9.17, 15) is 22.8 Å². The Labute approximate surface area is 229 Å². The molecule has 0 saturated carbocycles. The quantitative estimate of drug-likeness (QED) is 0.418. The Kier molecular flexibility index (Phi) is 10.2. The Morgan fingerprint density at radius 1 is 1.05 bits per heavy atom. The molecule has 0 unspecified atom stereocenters. The summed E-state index contributed by atoms with van der Waals surface area (Å²) < 4.78 is 26.4. The van der Waals surface area contributed by atoms with Crippen LogP contribution in [0, 0.1) is 0 Å². The van der Waals surface area contributed by atoms with Gasteiger partial charge < -0.3 is 10.2 Å². The first-order valence-electron chi connectivity index (χ1n) is 11.7. The van der Waals surface area contributed by atoms with Crippen LogP contribution < -0.4 is 9.62 Å². The first-order valence-corrected chi connectivity index (χ1v) is 14.3. The summed E-state index contributed by atoms with van der Waals surface area (Å²) in [6, 6.07) is 9.95. The van der Waals surface area contributed by atoms with E-state index in [0.717, 1.165) is 10.6 Å². The lowest BCUT2D eigenvalue weighted by atomic mass is 10.1. The summed E-state index contributed by atoms with van der Waals surface area (Å²) in [5.74, 6) is -1.23. The highest BCUT2D eigenvalue weighted by Crippen LogP contribution is 2.25. The molecule has 0 aliphatic heterocycles. The average Bonchev–Trinajstić information content (AvgIpc) is 2.76. The fourth-order valence-electron chi connectivity index (χ4n) is 3.70. The lowest BCUT2D eigenvalue weighted by Crippen LogP contribution is -2.55. The summed E-state index contributed by atoms with van der Waals surface area (Å²) in [6.45, 7) is 7.99. The number of nitrogens with one attached hydrogen (secondary N) is 1. The molecule has 2 rings (SSSR count). The van der Waals surface area contributed by atoms with Crippen molar-refractivity contribution >= 4 is 56.5 Å². The van der Waals surface area contributed by atoms with Crippen molar-refractivity contribution < 1.29 is 22.8 Å². The largest absolute Gasteiger partial charge is 0.350 e. The minimum absolute atomic E-state index is 0.0456. The third-order valence-corrected chi connectivity index (χ3v) is 7.19. The molecule has 11 heteroatoms. The van der Waals surface area contributed by atoms with Gasteiger partial charge in [-0.3, -0.25) is 18.7 Å². The van der Waals surface area contributed by atoms with Crippen LogP contribution in [0.3, 0.4) is 0 Å². The number of carbonyl (C=O) groups excluding carboxylic acids is 3. The van der Waals surface area contributed by atoms with E-state index in [4.69, 9.17) is 23.2 Å². The van der Waals surface area contributed by atoms with Crippen LogP contribution in [0.1, 0.15) is 57.0 Å². The van der Waals surface area contributed by atoms with E-state index < -0.39 is 34.1 Å². The second-order valence-corrected chi connectivity index (χ2v) is 12.5. The van der Waals surface area contributed by atoms with E-state index in [1.807, 2.05) is 20.8 Å². The van der Waals surface area contributed by atoms with Crippen molar-refractivity contribution in [2.75, 3.05) is 17.1 Å². The zero-order valence-electron chi connectivity index (χ0n) is 21.8. The van der Waals surface area contributed by atoms with Gasteiger partial charge >= 0.3 is 0 Å². The molecule has 0 aromatic heterocycles. The number of sulfonamides is 1. The maximum Gasteiger partial charge on any atom is 0.244 e. The van der Waals surface area contributed by atoms with Crippen molar-refractivity contribution in [3.05, 3.63) is 63.6 Å². The summed E-state index contributed by atoms with van der Waals surface area (Å²) in [6.07, 6.45) is 1.25. The molecule has 202 valence electrons. The van der Waals surface area contributed by atoms with E-state index in [0.29, 0.717) is 21.2 Å². The number of hydrogen-bond acceptors (Lipinski definition) is 5. The maximum absolute atomic E-state index is 13.7. The second-order valence-electron chi connectivity index (χ2n) is 9.80. The van der Waals surface area contributed by atoms with Crippen molar-refractivity contribution in [2.24, 2.45) is 0 Å². The lowest BCUT2D eigenvalue weighted by molar-refractivity contribution is -0.141. The number of amides is 2. The molecular formula is C26H33Cl2N3O5S. The predicted molar refractivity (Wildman–Crippen MR) is 148 cm³/mol. The van der Waals surface area contributed by atoms with Crippen LogP contribution in [0.15, 0.2) is 42.5 Å². The fourth-order valence-corrected chi connectivity index (χ4v) is 5.01. The zero-order valence-corrected chi connectivity index (χ0v) is 24.2. The monoisotopic (exact) mass is 569 g/mol. The zero-order chi connectivity index (χ0) is 28.1. The lowest BCUT2D eigenvalue weighted by Gasteiger charge is -2.34. The number of halogens is 2. The van der Waals surface area contributed by atoms with Crippen LogP contribution in [-0.4, -0.2) is 55.3 Å². The van der Waals surface area contributed by atoms with E-state index in [1.54, 1.807) is 31.2 Å².